The van der Waals surface area contributed by atoms with Crippen LogP contribution in [0.1, 0.15) is 24.1 Å². The first-order valence-corrected chi connectivity index (χ1v) is 5.82. The number of nitrogens with zero attached hydrogens (tertiary/aromatic N) is 4. The molecule has 0 unspecified atom stereocenters. The van der Waals surface area contributed by atoms with Crippen LogP contribution in [0.15, 0.2) is 12.3 Å². The largest absolute Gasteiger partial charge is 0.356 e. The Morgan fingerprint density at radius 1 is 1.19 bits per heavy atom. The van der Waals surface area contributed by atoms with Gasteiger partial charge in [0, 0.05) is 30.4 Å². The van der Waals surface area contributed by atoms with Gasteiger partial charge in [0.25, 0.3) is 0 Å². The molecule has 0 atom stereocenters. The average molecular weight is 216 g/mol. The number of fused-ring (bicyclic) bond motifs is 1. The summed E-state index contributed by atoms with van der Waals surface area (Å²) in [5.74, 6) is 1.19. The lowest BCUT2D eigenvalue weighted by molar-refractivity contribution is 0.845. The van der Waals surface area contributed by atoms with E-state index in [9.17, 15) is 0 Å². The normalized spacial score (nSPS) is 16.2. The Kier molecular flexibility index (Phi) is 2.09. The number of aryl methyl sites for hydroxylation is 2. The van der Waals surface area contributed by atoms with Crippen molar-refractivity contribution in [2.75, 3.05) is 18.0 Å². The van der Waals surface area contributed by atoms with Crippen LogP contribution in [0.4, 0.5) is 5.82 Å². The Hall–Kier alpha value is -1.58. The van der Waals surface area contributed by atoms with Gasteiger partial charge in [0.1, 0.15) is 5.82 Å². The molecule has 2 aromatic rings. The van der Waals surface area contributed by atoms with Crippen molar-refractivity contribution in [3.63, 3.8) is 0 Å². The maximum Gasteiger partial charge on any atom is 0.160 e. The molecule has 4 nitrogen and oxygen atoms in total. The SMILES string of the molecule is Cc1cc(N2CCCC2)n2ncc(C)c2n1. The predicted molar refractivity (Wildman–Crippen MR) is 63.9 cm³/mol. The third kappa shape index (κ3) is 1.37. The first-order chi connectivity index (χ1) is 7.75. The summed E-state index contributed by atoms with van der Waals surface area (Å²) in [6, 6.07) is 2.13. The highest BCUT2D eigenvalue weighted by Crippen LogP contribution is 2.22. The van der Waals surface area contributed by atoms with Gasteiger partial charge >= 0.3 is 0 Å². The third-order valence-corrected chi connectivity index (χ3v) is 3.19. The van der Waals surface area contributed by atoms with E-state index in [0.717, 1.165) is 30.0 Å². The third-order valence-electron chi connectivity index (χ3n) is 3.19. The van der Waals surface area contributed by atoms with Gasteiger partial charge in [-0.05, 0) is 26.7 Å². The van der Waals surface area contributed by atoms with E-state index >= 15 is 0 Å². The second-order valence-electron chi connectivity index (χ2n) is 4.51. The molecule has 3 heterocycles. The van der Waals surface area contributed by atoms with Gasteiger partial charge in [-0.25, -0.2) is 4.98 Å². The van der Waals surface area contributed by atoms with Crippen molar-refractivity contribution in [1.29, 1.82) is 0 Å². The molecular formula is C12H16N4. The number of hydrogen-bond donors (Lipinski definition) is 0. The minimum Gasteiger partial charge on any atom is -0.356 e. The Morgan fingerprint density at radius 3 is 2.69 bits per heavy atom. The lowest BCUT2D eigenvalue weighted by atomic mass is 10.3. The Balaban J connectivity index is 2.21. The van der Waals surface area contributed by atoms with Crippen LogP contribution in [0, 0.1) is 13.8 Å². The molecule has 0 aromatic carbocycles. The van der Waals surface area contributed by atoms with Crippen LogP contribution >= 0.6 is 0 Å². The Labute approximate surface area is 94.9 Å². The Morgan fingerprint density at radius 2 is 1.94 bits per heavy atom. The topological polar surface area (TPSA) is 33.4 Å². The highest BCUT2D eigenvalue weighted by Gasteiger charge is 2.17. The second-order valence-corrected chi connectivity index (χ2v) is 4.51. The molecule has 1 fully saturated rings. The van der Waals surface area contributed by atoms with Crippen molar-refractivity contribution < 1.29 is 0 Å². The molecule has 84 valence electrons. The molecule has 0 radical (unpaired) electrons. The molecule has 16 heavy (non-hydrogen) atoms. The molecule has 1 saturated heterocycles. The van der Waals surface area contributed by atoms with E-state index in [2.05, 4.69) is 28.0 Å². The first-order valence-electron chi connectivity index (χ1n) is 5.82. The molecule has 3 rings (SSSR count). The van der Waals surface area contributed by atoms with Crippen molar-refractivity contribution >= 4 is 11.5 Å². The van der Waals surface area contributed by atoms with Gasteiger partial charge in [0.05, 0.1) is 6.20 Å². The van der Waals surface area contributed by atoms with E-state index in [1.807, 2.05) is 17.6 Å². The van der Waals surface area contributed by atoms with Crippen LogP contribution in [0.3, 0.4) is 0 Å². The molecule has 1 aliphatic rings. The number of hydrogen-bond acceptors (Lipinski definition) is 3. The molecule has 0 saturated carbocycles. The van der Waals surface area contributed by atoms with Crippen molar-refractivity contribution in [2.45, 2.75) is 26.7 Å². The van der Waals surface area contributed by atoms with Crippen molar-refractivity contribution in [3.05, 3.63) is 23.5 Å². The monoisotopic (exact) mass is 216 g/mol. The van der Waals surface area contributed by atoms with Crippen LogP contribution in [0.2, 0.25) is 0 Å². The summed E-state index contributed by atoms with van der Waals surface area (Å²) in [5.41, 5.74) is 3.20. The highest BCUT2D eigenvalue weighted by molar-refractivity contribution is 5.55. The van der Waals surface area contributed by atoms with E-state index in [0.29, 0.717) is 0 Å². The standard InChI is InChI=1S/C12H16N4/c1-9-8-13-16-11(15-5-3-4-6-15)7-10(2)14-12(9)16/h7-8H,3-6H2,1-2H3. The Bertz CT molecular complexity index is 523. The maximum absolute atomic E-state index is 4.54. The van der Waals surface area contributed by atoms with Gasteiger partial charge in [-0.15, -0.1) is 0 Å². The summed E-state index contributed by atoms with van der Waals surface area (Å²) < 4.78 is 1.97. The van der Waals surface area contributed by atoms with Crippen LogP contribution in [0.25, 0.3) is 5.65 Å². The molecule has 0 amide bonds. The van der Waals surface area contributed by atoms with Gasteiger partial charge in [0.2, 0.25) is 0 Å². The van der Waals surface area contributed by atoms with E-state index in [4.69, 9.17) is 0 Å². The van der Waals surface area contributed by atoms with Gasteiger partial charge in [-0.3, -0.25) is 0 Å². The molecule has 4 heteroatoms. The second kappa shape index (κ2) is 3.47. The average Bonchev–Trinajstić information content (AvgIpc) is 2.88. The van der Waals surface area contributed by atoms with Gasteiger partial charge in [0.15, 0.2) is 5.65 Å². The first kappa shape index (κ1) is 9.63. The van der Waals surface area contributed by atoms with Crippen molar-refractivity contribution in [1.82, 2.24) is 14.6 Å². The van der Waals surface area contributed by atoms with Crippen LogP contribution in [-0.2, 0) is 0 Å². The molecule has 0 aliphatic carbocycles. The van der Waals surface area contributed by atoms with Crippen LogP contribution < -0.4 is 4.90 Å². The summed E-state index contributed by atoms with van der Waals surface area (Å²) >= 11 is 0. The zero-order valence-corrected chi connectivity index (χ0v) is 9.77. The maximum atomic E-state index is 4.54. The fourth-order valence-electron chi connectivity index (χ4n) is 2.35. The molecule has 0 N–H and O–H groups in total. The molecule has 0 spiro atoms. The van der Waals surface area contributed by atoms with E-state index in [1.54, 1.807) is 0 Å². The molecule has 2 aromatic heterocycles. The summed E-state index contributed by atoms with van der Waals surface area (Å²) in [6.45, 7) is 6.38. The lowest BCUT2D eigenvalue weighted by Crippen LogP contribution is -2.21. The minimum atomic E-state index is 0.988. The summed E-state index contributed by atoms with van der Waals surface area (Å²) in [4.78, 5) is 6.94. The number of anilines is 1. The zero-order valence-electron chi connectivity index (χ0n) is 9.77. The van der Waals surface area contributed by atoms with Gasteiger partial charge in [-0.1, -0.05) is 0 Å². The fraction of sp³-hybridized carbons (Fsp3) is 0.500. The smallest absolute Gasteiger partial charge is 0.160 e. The summed E-state index contributed by atoms with van der Waals surface area (Å²) in [6.07, 6.45) is 4.45. The number of rotatable bonds is 1. The fourth-order valence-corrected chi connectivity index (χ4v) is 2.35. The van der Waals surface area contributed by atoms with Crippen LogP contribution in [-0.4, -0.2) is 27.7 Å². The minimum absolute atomic E-state index is 0.988. The molecule has 0 bridgehead atoms. The van der Waals surface area contributed by atoms with E-state index in [1.165, 1.54) is 18.7 Å². The van der Waals surface area contributed by atoms with E-state index < -0.39 is 0 Å². The van der Waals surface area contributed by atoms with Crippen LogP contribution in [0.5, 0.6) is 0 Å². The van der Waals surface area contributed by atoms with Crippen molar-refractivity contribution in [2.24, 2.45) is 0 Å². The summed E-state index contributed by atoms with van der Waals surface area (Å²) in [7, 11) is 0. The molecule has 1 aliphatic heterocycles. The van der Waals surface area contributed by atoms with Gasteiger partial charge in [-0.2, -0.15) is 9.61 Å². The highest BCUT2D eigenvalue weighted by atomic mass is 15.3. The van der Waals surface area contributed by atoms with Crippen molar-refractivity contribution in [3.8, 4) is 0 Å². The zero-order chi connectivity index (χ0) is 11.1. The number of aromatic nitrogens is 3. The molecular weight excluding hydrogens is 200 g/mol. The predicted octanol–water partition coefficient (Wildman–Crippen LogP) is 1.95. The quantitative estimate of drug-likeness (QED) is 0.730. The lowest BCUT2D eigenvalue weighted by Gasteiger charge is -2.18. The van der Waals surface area contributed by atoms with E-state index in [-0.39, 0.29) is 0 Å². The van der Waals surface area contributed by atoms with Gasteiger partial charge < -0.3 is 4.90 Å². The summed E-state index contributed by atoms with van der Waals surface area (Å²) in [5, 5.41) is 4.42.